The number of amides is 2. The van der Waals surface area contributed by atoms with Crippen LogP contribution >= 0.6 is 0 Å². The third kappa shape index (κ3) is 6.12. The molecule has 0 aliphatic heterocycles. The maximum atomic E-state index is 12.9. The average molecular weight is 383 g/mol. The van der Waals surface area contributed by atoms with Crippen molar-refractivity contribution in [1.29, 1.82) is 0 Å². The molecule has 28 heavy (non-hydrogen) atoms. The van der Waals surface area contributed by atoms with Crippen LogP contribution in [0.3, 0.4) is 0 Å². The molecule has 2 aromatic carbocycles. The van der Waals surface area contributed by atoms with Crippen LogP contribution in [-0.2, 0) is 16.1 Å². The van der Waals surface area contributed by atoms with Crippen molar-refractivity contribution in [3.8, 4) is 5.75 Å². The number of carbonyl (C=O) groups is 2. The Morgan fingerprint density at radius 2 is 1.75 bits per heavy atom. The van der Waals surface area contributed by atoms with Crippen molar-refractivity contribution in [2.45, 2.75) is 46.7 Å². The Morgan fingerprint density at radius 3 is 2.39 bits per heavy atom. The van der Waals surface area contributed by atoms with E-state index in [4.69, 9.17) is 4.74 Å². The number of para-hydroxylation sites is 1. The van der Waals surface area contributed by atoms with Gasteiger partial charge in [0, 0.05) is 13.1 Å². The fourth-order valence-corrected chi connectivity index (χ4v) is 2.81. The Labute approximate surface area is 167 Å². The molecule has 0 bridgehead atoms. The second kappa shape index (κ2) is 10.5. The number of aryl methyl sites for hydroxylation is 2. The standard InChI is InChI=1S/C23H30N2O3/c1-5-14-24-23(27)19(4)25(15-20-12-10-17(2)11-13-20)22(26)16-28-21-9-7-6-8-18(21)3/h6-13,19H,5,14-16H2,1-4H3,(H,24,27)/t19-/m1/s1. The number of nitrogens with zero attached hydrogens (tertiary/aromatic N) is 1. The fourth-order valence-electron chi connectivity index (χ4n) is 2.81. The normalized spacial score (nSPS) is 11.6. The number of ether oxygens (including phenoxy) is 1. The van der Waals surface area contributed by atoms with Gasteiger partial charge in [-0.05, 0) is 44.4 Å². The van der Waals surface area contributed by atoms with Gasteiger partial charge in [-0.1, -0.05) is 55.0 Å². The van der Waals surface area contributed by atoms with E-state index in [1.165, 1.54) is 0 Å². The van der Waals surface area contributed by atoms with Crippen LogP contribution in [0.15, 0.2) is 48.5 Å². The van der Waals surface area contributed by atoms with Gasteiger partial charge in [0.1, 0.15) is 11.8 Å². The molecule has 0 saturated carbocycles. The summed E-state index contributed by atoms with van der Waals surface area (Å²) in [5, 5.41) is 2.87. The topological polar surface area (TPSA) is 58.6 Å². The van der Waals surface area contributed by atoms with Crippen LogP contribution in [0.25, 0.3) is 0 Å². The van der Waals surface area contributed by atoms with Gasteiger partial charge in [0.2, 0.25) is 5.91 Å². The van der Waals surface area contributed by atoms with E-state index in [1.807, 2.05) is 69.3 Å². The van der Waals surface area contributed by atoms with E-state index in [-0.39, 0.29) is 18.4 Å². The van der Waals surface area contributed by atoms with Gasteiger partial charge in [0.25, 0.3) is 5.91 Å². The Kier molecular flexibility index (Phi) is 8.05. The Hall–Kier alpha value is -2.82. The van der Waals surface area contributed by atoms with E-state index in [0.29, 0.717) is 18.8 Å². The molecule has 0 aliphatic rings. The molecule has 0 fully saturated rings. The largest absolute Gasteiger partial charge is 0.484 e. The van der Waals surface area contributed by atoms with Crippen molar-refractivity contribution < 1.29 is 14.3 Å². The zero-order valence-electron chi connectivity index (χ0n) is 17.2. The number of carbonyl (C=O) groups excluding carboxylic acids is 2. The predicted octanol–water partition coefficient (Wildman–Crippen LogP) is 3.63. The molecule has 0 aromatic heterocycles. The monoisotopic (exact) mass is 382 g/mol. The van der Waals surface area contributed by atoms with Gasteiger partial charge in [-0.2, -0.15) is 0 Å². The highest BCUT2D eigenvalue weighted by Gasteiger charge is 2.26. The van der Waals surface area contributed by atoms with Gasteiger partial charge in [-0.25, -0.2) is 0 Å². The van der Waals surface area contributed by atoms with Gasteiger partial charge in [0.15, 0.2) is 6.61 Å². The molecule has 2 amide bonds. The molecular formula is C23H30N2O3. The van der Waals surface area contributed by atoms with Crippen LogP contribution < -0.4 is 10.1 Å². The van der Waals surface area contributed by atoms with Crippen LogP contribution in [0.4, 0.5) is 0 Å². The van der Waals surface area contributed by atoms with E-state index in [1.54, 1.807) is 11.8 Å². The maximum Gasteiger partial charge on any atom is 0.261 e. The summed E-state index contributed by atoms with van der Waals surface area (Å²) >= 11 is 0. The summed E-state index contributed by atoms with van der Waals surface area (Å²) in [6.07, 6.45) is 0.848. The van der Waals surface area contributed by atoms with Crippen LogP contribution in [0, 0.1) is 13.8 Å². The molecule has 0 saturated heterocycles. The molecular weight excluding hydrogens is 352 g/mol. The third-order valence-corrected chi connectivity index (χ3v) is 4.63. The van der Waals surface area contributed by atoms with Gasteiger partial charge < -0.3 is 15.0 Å². The molecule has 2 aromatic rings. The van der Waals surface area contributed by atoms with Crippen molar-refractivity contribution in [2.75, 3.05) is 13.2 Å². The van der Waals surface area contributed by atoms with Crippen molar-refractivity contribution in [1.82, 2.24) is 10.2 Å². The summed E-state index contributed by atoms with van der Waals surface area (Å²) in [4.78, 5) is 27.0. The Morgan fingerprint density at radius 1 is 1.07 bits per heavy atom. The number of hydrogen-bond donors (Lipinski definition) is 1. The van der Waals surface area contributed by atoms with Crippen LogP contribution in [0.2, 0.25) is 0 Å². The lowest BCUT2D eigenvalue weighted by molar-refractivity contribution is -0.142. The molecule has 1 atom stereocenters. The molecule has 0 aliphatic carbocycles. The highest BCUT2D eigenvalue weighted by atomic mass is 16.5. The first kappa shape index (κ1) is 21.5. The molecule has 2 rings (SSSR count). The number of benzene rings is 2. The smallest absolute Gasteiger partial charge is 0.261 e. The van der Waals surface area contributed by atoms with E-state index < -0.39 is 6.04 Å². The second-order valence-electron chi connectivity index (χ2n) is 7.03. The molecule has 150 valence electrons. The van der Waals surface area contributed by atoms with Crippen LogP contribution in [-0.4, -0.2) is 35.9 Å². The van der Waals surface area contributed by atoms with Crippen molar-refractivity contribution in [3.05, 3.63) is 65.2 Å². The van der Waals surface area contributed by atoms with Crippen molar-refractivity contribution >= 4 is 11.8 Å². The molecule has 5 heteroatoms. The molecule has 0 unspecified atom stereocenters. The number of hydrogen-bond acceptors (Lipinski definition) is 3. The molecule has 0 heterocycles. The number of nitrogens with one attached hydrogen (secondary N) is 1. The van der Waals surface area contributed by atoms with Crippen LogP contribution in [0.5, 0.6) is 5.75 Å². The molecule has 0 radical (unpaired) electrons. The van der Waals surface area contributed by atoms with E-state index in [9.17, 15) is 9.59 Å². The lowest BCUT2D eigenvalue weighted by Crippen LogP contribution is -2.49. The summed E-state index contributed by atoms with van der Waals surface area (Å²) in [5.41, 5.74) is 3.09. The van der Waals surface area contributed by atoms with Gasteiger partial charge >= 0.3 is 0 Å². The summed E-state index contributed by atoms with van der Waals surface area (Å²) in [6.45, 7) is 8.55. The highest BCUT2D eigenvalue weighted by molar-refractivity contribution is 5.87. The number of rotatable bonds is 9. The summed E-state index contributed by atoms with van der Waals surface area (Å²) in [5.74, 6) is 0.301. The lowest BCUT2D eigenvalue weighted by Gasteiger charge is -2.29. The lowest BCUT2D eigenvalue weighted by atomic mass is 10.1. The first-order valence-corrected chi connectivity index (χ1v) is 9.73. The minimum Gasteiger partial charge on any atom is -0.484 e. The molecule has 5 nitrogen and oxygen atoms in total. The first-order chi connectivity index (χ1) is 13.4. The maximum absolute atomic E-state index is 12.9. The highest BCUT2D eigenvalue weighted by Crippen LogP contribution is 2.17. The second-order valence-corrected chi connectivity index (χ2v) is 7.03. The van der Waals surface area contributed by atoms with E-state index in [2.05, 4.69) is 5.32 Å². The van der Waals surface area contributed by atoms with Gasteiger partial charge in [0.05, 0.1) is 0 Å². The minimum atomic E-state index is -0.583. The minimum absolute atomic E-state index is 0.109. The average Bonchev–Trinajstić information content (AvgIpc) is 2.70. The van der Waals surface area contributed by atoms with Gasteiger partial charge in [-0.15, -0.1) is 0 Å². The molecule has 0 spiro atoms. The third-order valence-electron chi connectivity index (χ3n) is 4.63. The zero-order valence-corrected chi connectivity index (χ0v) is 17.2. The summed E-state index contributed by atoms with van der Waals surface area (Å²) in [7, 11) is 0. The van der Waals surface area contributed by atoms with Crippen molar-refractivity contribution in [3.63, 3.8) is 0 Å². The molecule has 1 N–H and O–H groups in total. The SMILES string of the molecule is CCCNC(=O)[C@@H](C)N(Cc1ccc(C)cc1)C(=O)COc1ccccc1C. The fraction of sp³-hybridized carbons (Fsp3) is 0.391. The summed E-state index contributed by atoms with van der Waals surface area (Å²) < 4.78 is 5.72. The zero-order chi connectivity index (χ0) is 20.5. The quantitative estimate of drug-likeness (QED) is 0.721. The predicted molar refractivity (Wildman–Crippen MR) is 111 cm³/mol. The first-order valence-electron chi connectivity index (χ1n) is 9.73. The van der Waals surface area contributed by atoms with Crippen LogP contribution in [0.1, 0.15) is 37.0 Å². The van der Waals surface area contributed by atoms with E-state index >= 15 is 0 Å². The van der Waals surface area contributed by atoms with E-state index in [0.717, 1.165) is 23.1 Å². The Balaban J connectivity index is 2.13. The van der Waals surface area contributed by atoms with Gasteiger partial charge in [-0.3, -0.25) is 9.59 Å². The Bertz CT molecular complexity index is 787. The summed E-state index contributed by atoms with van der Waals surface area (Å²) in [6, 6.07) is 15.0. The van der Waals surface area contributed by atoms with Crippen molar-refractivity contribution in [2.24, 2.45) is 0 Å².